The maximum Gasteiger partial charge on any atom is 0.125 e. The smallest absolute Gasteiger partial charge is 0.125 e. The van der Waals surface area contributed by atoms with E-state index in [2.05, 4.69) is 26.3 Å². The highest BCUT2D eigenvalue weighted by Gasteiger charge is 2.20. The predicted octanol–water partition coefficient (Wildman–Crippen LogP) is 4.08. The standard InChI is InChI=1S/C22H26F2N4/c1-16(15-28-17(2)25-21-13-19(24)5-8-22(21)28)14-26-9-11-27(12-10-26)20-6-3-18(23)4-7-20/h3-8,13,16H,9-12,14-15H2,1-2H3. The minimum atomic E-state index is -0.246. The molecule has 0 saturated carbocycles. The van der Waals surface area contributed by atoms with Crippen LogP contribution in [0.25, 0.3) is 11.0 Å². The van der Waals surface area contributed by atoms with Crippen molar-refractivity contribution in [2.24, 2.45) is 5.92 Å². The number of benzene rings is 2. The second kappa shape index (κ2) is 7.87. The fourth-order valence-electron chi connectivity index (χ4n) is 4.10. The summed E-state index contributed by atoms with van der Waals surface area (Å²) in [5, 5.41) is 0. The number of rotatable bonds is 5. The Bertz CT molecular complexity index is 943. The number of anilines is 1. The Kier molecular flexibility index (Phi) is 5.31. The monoisotopic (exact) mass is 384 g/mol. The van der Waals surface area contributed by atoms with E-state index in [0.717, 1.165) is 61.8 Å². The maximum atomic E-state index is 13.4. The van der Waals surface area contributed by atoms with Gasteiger partial charge >= 0.3 is 0 Å². The number of fused-ring (bicyclic) bond motifs is 1. The van der Waals surface area contributed by atoms with Gasteiger partial charge in [-0.1, -0.05) is 6.92 Å². The van der Waals surface area contributed by atoms with E-state index in [1.807, 2.05) is 25.1 Å². The molecule has 1 saturated heterocycles. The zero-order valence-corrected chi connectivity index (χ0v) is 16.4. The molecule has 6 heteroatoms. The molecule has 0 spiro atoms. The van der Waals surface area contributed by atoms with Gasteiger partial charge in [0.25, 0.3) is 0 Å². The van der Waals surface area contributed by atoms with Gasteiger partial charge in [-0.05, 0) is 49.2 Å². The van der Waals surface area contributed by atoms with E-state index in [1.54, 1.807) is 0 Å². The lowest BCUT2D eigenvalue weighted by Gasteiger charge is -2.37. The molecule has 1 aliphatic heterocycles. The van der Waals surface area contributed by atoms with Gasteiger partial charge in [0.1, 0.15) is 17.5 Å². The van der Waals surface area contributed by atoms with E-state index in [0.29, 0.717) is 5.92 Å². The van der Waals surface area contributed by atoms with Crippen molar-refractivity contribution in [1.82, 2.24) is 14.5 Å². The second-order valence-corrected chi connectivity index (χ2v) is 7.77. The lowest BCUT2D eigenvalue weighted by atomic mass is 10.1. The summed E-state index contributed by atoms with van der Waals surface area (Å²) < 4.78 is 28.7. The zero-order chi connectivity index (χ0) is 19.7. The molecule has 1 unspecified atom stereocenters. The molecule has 4 rings (SSSR count). The van der Waals surface area contributed by atoms with Crippen LogP contribution in [0.5, 0.6) is 0 Å². The summed E-state index contributed by atoms with van der Waals surface area (Å²) in [5.74, 6) is 0.942. The fraction of sp³-hybridized carbons (Fsp3) is 0.409. The highest BCUT2D eigenvalue weighted by molar-refractivity contribution is 5.76. The van der Waals surface area contributed by atoms with E-state index in [1.165, 1.54) is 24.3 Å². The number of aryl methyl sites for hydroxylation is 1. The predicted molar refractivity (Wildman–Crippen MR) is 109 cm³/mol. The number of hydrogen-bond donors (Lipinski definition) is 0. The van der Waals surface area contributed by atoms with Crippen molar-refractivity contribution < 1.29 is 8.78 Å². The topological polar surface area (TPSA) is 24.3 Å². The second-order valence-electron chi connectivity index (χ2n) is 7.77. The van der Waals surface area contributed by atoms with Gasteiger partial charge < -0.3 is 9.47 Å². The number of piperazine rings is 1. The van der Waals surface area contributed by atoms with E-state index < -0.39 is 0 Å². The van der Waals surface area contributed by atoms with E-state index in [-0.39, 0.29) is 11.6 Å². The molecule has 148 valence electrons. The van der Waals surface area contributed by atoms with Gasteiger partial charge in [-0.2, -0.15) is 0 Å². The average molecular weight is 384 g/mol. The third kappa shape index (κ3) is 4.02. The van der Waals surface area contributed by atoms with Crippen LogP contribution in [0.3, 0.4) is 0 Å². The molecule has 1 fully saturated rings. The van der Waals surface area contributed by atoms with Crippen molar-refractivity contribution in [2.75, 3.05) is 37.6 Å². The van der Waals surface area contributed by atoms with Crippen molar-refractivity contribution in [1.29, 1.82) is 0 Å². The summed E-state index contributed by atoms with van der Waals surface area (Å²) in [5.41, 5.74) is 2.80. The summed E-state index contributed by atoms with van der Waals surface area (Å²) in [4.78, 5) is 9.29. The number of imidazole rings is 1. The van der Waals surface area contributed by atoms with Gasteiger partial charge in [-0.15, -0.1) is 0 Å². The van der Waals surface area contributed by atoms with Crippen molar-refractivity contribution >= 4 is 16.7 Å². The summed E-state index contributed by atoms with van der Waals surface area (Å²) in [7, 11) is 0. The van der Waals surface area contributed by atoms with Gasteiger partial charge in [0.05, 0.1) is 11.0 Å². The number of halogens is 2. The molecule has 0 bridgehead atoms. The summed E-state index contributed by atoms with van der Waals surface area (Å²) in [6, 6.07) is 11.6. The highest BCUT2D eigenvalue weighted by Crippen LogP contribution is 2.20. The normalized spacial score (nSPS) is 16.6. The van der Waals surface area contributed by atoms with Gasteiger partial charge in [0, 0.05) is 51.0 Å². The van der Waals surface area contributed by atoms with Gasteiger partial charge in [-0.3, -0.25) is 4.90 Å². The van der Waals surface area contributed by atoms with Crippen LogP contribution in [0.2, 0.25) is 0 Å². The average Bonchev–Trinajstić information content (AvgIpc) is 2.97. The molecule has 0 N–H and O–H groups in total. The number of aromatic nitrogens is 2. The van der Waals surface area contributed by atoms with Gasteiger partial charge in [0.15, 0.2) is 0 Å². The summed E-state index contributed by atoms with van der Waals surface area (Å²) >= 11 is 0. The van der Waals surface area contributed by atoms with Gasteiger partial charge in [0.2, 0.25) is 0 Å². The maximum absolute atomic E-state index is 13.4. The number of hydrogen-bond acceptors (Lipinski definition) is 3. The lowest BCUT2D eigenvalue weighted by molar-refractivity contribution is 0.215. The van der Waals surface area contributed by atoms with Crippen molar-refractivity contribution in [2.45, 2.75) is 20.4 Å². The highest BCUT2D eigenvalue weighted by atomic mass is 19.1. The van der Waals surface area contributed by atoms with E-state index in [4.69, 9.17) is 0 Å². The fourth-order valence-corrected chi connectivity index (χ4v) is 4.10. The third-order valence-electron chi connectivity index (χ3n) is 5.53. The molecule has 4 nitrogen and oxygen atoms in total. The first kappa shape index (κ1) is 18.9. The Labute approximate surface area is 164 Å². The largest absolute Gasteiger partial charge is 0.369 e. The molecule has 2 heterocycles. The molecule has 2 aromatic carbocycles. The van der Waals surface area contributed by atoms with Crippen molar-refractivity contribution in [3.8, 4) is 0 Å². The first-order valence-corrected chi connectivity index (χ1v) is 9.85. The Hall–Kier alpha value is -2.47. The zero-order valence-electron chi connectivity index (χ0n) is 16.4. The van der Waals surface area contributed by atoms with Crippen LogP contribution in [-0.2, 0) is 6.54 Å². The first-order valence-electron chi connectivity index (χ1n) is 9.85. The molecule has 28 heavy (non-hydrogen) atoms. The molecule has 1 aliphatic rings. The Morgan fingerprint density at radius 3 is 2.32 bits per heavy atom. The molecule has 0 radical (unpaired) electrons. The number of nitrogens with zero attached hydrogens (tertiary/aromatic N) is 4. The van der Waals surface area contributed by atoms with Gasteiger partial charge in [-0.25, -0.2) is 13.8 Å². The minimum absolute atomic E-state index is 0.193. The van der Waals surface area contributed by atoms with E-state index in [9.17, 15) is 8.78 Å². The molecule has 1 aromatic heterocycles. The van der Waals surface area contributed by atoms with E-state index >= 15 is 0 Å². The van der Waals surface area contributed by atoms with Crippen LogP contribution in [0, 0.1) is 24.5 Å². The van der Waals surface area contributed by atoms with Crippen LogP contribution in [0.4, 0.5) is 14.5 Å². The minimum Gasteiger partial charge on any atom is -0.369 e. The van der Waals surface area contributed by atoms with Crippen LogP contribution < -0.4 is 4.90 Å². The quantitative estimate of drug-likeness (QED) is 0.662. The molecule has 0 amide bonds. The van der Waals surface area contributed by atoms with Crippen LogP contribution in [0.1, 0.15) is 12.7 Å². The first-order chi connectivity index (χ1) is 13.5. The summed E-state index contributed by atoms with van der Waals surface area (Å²) in [6.07, 6.45) is 0. The van der Waals surface area contributed by atoms with Crippen molar-refractivity contribution in [3.63, 3.8) is 0 Å². The molecule has 0 aliphatic carbocycles. The van der Waals surface area contributed by atoms with Crippen LogP contribution in [-0.4, -0.2) is 47.2 Å². The summed E-state index contributed by atoms with van der Waals surface area (Å²) in [6.45, 7) is 10.00. The molecular weight excluding hydrogens is 358 g/mol. The SMILES string of the molecule is Cc1nc2cc(F)ccc2n1CC(C)CN1CCN(c2ccc(F)cc2)CC1. The molecule has 1 atom stereocenters. The Morgan fingerprint density at radius 1 is 0.929 bits per heavy atom. The Balaban J connectivity index is 1.34. The van der Waals surface area contributed by atoms with Crippen LogP contribution >= 0.6 is 0 Å². The third-order valence-corrected chi connectivity index (χ3v) is 5.53. The molecule has 3 aromatic rings. The Morgan fingerprint density at radius 2 is 1.61 bits per heavy atom. The van der Waals surface area contributed by atoms with Crippen molar-refractivity contribution in [3.05, 3.63) is 59.9 Å². The molecular formula is C22H26F2N4. The van der Waals surface area contributed by atoms with Crippen LogP contribution in [0.15, 0.2) is 42.5 Å². The lowest BCUT2D eigenvalue weighted by Crippen LogP contribution is -2.47.